The first-order valence-electron chi connectivity index (χ1n) is 7.23. The van der Waals surface area contributed by atoms with Gasteiger partial charge in [0.1, 0.15) is 18.5 Å². The molecule has 2 N–H and O–H groups in total. The van der Waals surface area contributed by atoms with E-state index in [2.05, 4.69) is 15.0 Å². The molecular weight excluding hydrogens is 302 g/mol. The first kappa shape index (κ1) is 17.1. The molecule has 23 heavy (non-hydrogen) atoms. The summed E-state index contributed by atoms with van der Waals surface area (Å²) in [6.07, 6.45) is 2.96. The number of aromatic nitrogens is 4. The largest absolute Gasteiger partial charge is 0.463 e. The van der Waals surface area contributed by atoms with Crippen molar-refractivity contribution >= 4 is 23.1 Å². The zero-order valence-electron chi connectivity index (χ0n) is 13.6. The van der Waals surface area contributed by atoms with Crippen LogP contribution in [0.2, 0.25) is 0 Å². The summed E-state index contributed by atoms with van der Waals surface area (Å²) in [6.45, 7) is 7.12. The standard InChI is InChI=1S/C14H21N5O4/c1-9(2)23-14(4,22-6-5-21-10(3)20)19-8-17-11-7-16-13(15)18-12(11)19/h7-9H,5-6H2,1-4H3,(H2,15,16,18). The SMILES string of the molecule is CC(=O)OCCOC(C)(OC(C)C)n1cnc2cnc(N)nc21. The molecule has 0 bridgehead atoms. The van der Waals surface area contributed by atoms with E-state index in [0.717, 1.165) is 0 Å². The summed E-state index contributed by atoms with van der Waals surface area (Å²) in [6, 6.07) is 0. The van der Waals surface area contributed by atoms with Crippen molar-refractivity contribution in [2.24, 2.45) is 0 Å². The van der Waals surface area contributed by atoms with E-state index in [0.29, 0.717) is 11.2 Å². The number of esters is 1. The third kappa shape index (κ3) is 4.14. The van der Waals surface area contributed by atoms with Crippen molar-refractivity contribution in [2.75, 3.05) is 18.9 Å². The van der Waals surface area contributed by atoms with E-state index < -0.39 is 5.91 Å². The van der Waals surface area contributed by atoms with Crippen LogP contribution in [0.1, 0.15) is 27.7 Å². The maximum Gasteiger partial charge on any atom is 0.302 e. The molecule has 9 nitrogen and oxygen atoms in total. The van der Waals surface area contributed by atoms with Gasteiger partial charge in [-0.25, -0.2) is 9.97 Å². The van der Waals surface area contributed by atoms with Gasteiger partial charge in [-0.3, -0.25) is 9.36 Å². The number of nitrogens with zero attached hydrogens (tertiary/aromatic N) is 4. The Bertz CT molecular complexity index is 687. The lowest BCUT2D eigenvalue weighted by Crippen LogP contribution is -2.39. The summed E-state index contributed by atoms with van der Waals surface area (Å²) < 4.78 is 18.2. The van der Waals surface area contributed by atoms with E-state index >= 15 is 0 Å². The first-order valence-corrected chi connectivity index (χ1v) is 7.23. The molecule has 0 radical (unpaired) electrons. The van der Waals surface area contributed by atoms with E-state index in [1.807, 2.05) is 13.8 Å². The molecule has 1 atom stereocenters. The lowest BCUT2D eigenvalue weighted by Gasteiger charge is -2.32. The molecule has 1 unspecified atom stereocenters. The Morgan fingerprint density at radius 2 is 2.13 bits per heavy atom. The Kier molecular flexibility index (Phi) is 5.12. The van der Waals surface area contributed by atoms with Gasteiger partial charge in [0.15, 0.2) is 5.65 Å². The molecule has 0 saturated carbocycles. The van der Waals surface area contributed by atoms with E-state index in [4.69, 9.17) is 19.9 Å². The summed E-state index contributed by atoms with van der Waals surface area (Å²) in [4.78, 5) is 23.2. The molecule has 9 heteroatoms. The van der Waals surface area contributed by atoms with Gasteiger partial charge < -0.3 is 19.9 Å². The number of imidazole rings is 1. The van der Waals surface area contributed by atoms with Crippen molar-refractivity contribution < 1.29 is 19.0 Å². The second-order valence-electron chi connectivity index (χ2n) is 5.30. The number of ether oxygens (including phenoxy) is 3. The van der Waals surface area contributed by atoms with Crippen LogP contribution in [0.3, 0.4) is 0 Å². The second-order valence-corrected chi connectivity index (χ2v) is 5.30. The molecule has 0 spiro atoms. The monoisotopic (exact) mass is 323 g/mol. The third-order valence-corrected chi connectivity index (χ3v) is 2.96. The Morgan fingerprint density at radius 3 is 2.78 bits per heavy atom. The lowest BCUT2D eigenvalue weighted by atomic mass is 10.4. The number of nitrogens with two attached hydrogens (primary N) is 1. The number of nitrogen functional groups attached to an aromatic ring is 1. The predicted octanol–water partition coefficient (Wildman–Crippen LogP) is 1.04. The smallest absolute Gasteiger partial charge is 0.302 e. The molecule has 2 aromatic rings. The van der Waals surface area contributed by atoms with Crippen LogP contribution in [0.25, 0.3) is 11.2 Å². The number of fused-ring (bicyclic) bond motifs is 1. The fraction of sp³-hybridized carbons (Fsp3) is 0.571. The van der Waals surface area contributed by atoms with Crippen molar-refractivity contribution in [1.82, 2.24) is 19.5 Å². The number of carbonyl (C=O) groups excluding carboxylic acids is 1. The quantitative estimate of drug-likeness (QED) is 0.457. The Morgan fingerprint density at radius 1 is 1.39 bits per heavy atom. The van der Waals surface area contributed by atoms with Gasteiger partial charge in [-0.05, 0) is 13.8 Å². The van der Waals surface area contributed by atoms with Crippen molar-refractivity contribution in [3.05, 3.63) is 12.5 Å². The molecule has 2 aromatic heterocycles. The molecule has 2 rings (SSSR count). The zero-order chi connectivity index (χ0) is 17.0. The van der Waals surface area contributed by atoms with Gasteiger partial charge in [0.25, 0.3) is 5.91 Å². The van der Waals surface area contributed by atoms with Crippen molar-refractivity contribution in [3.8, 4) is 0 Å². The molecule has 0 aromatic carbocycles. The molecule has 126 valence electrons. The zero-order valence-corrected chi connectivity index (χ0v) is 13.6. The minimum absolute atomic E-state index is 0.120. The van der Waals surface area contributed by atoms with Crippen LogP contribution < -0.4 is 5.73 Å². The van der Waals surface area contributed by atoms with E-state index in [1.165, 1.54) is 13.1 Å². The number of anilines is 1. The highest BCUT2D eigenvalue weighted by Gasteiger charge is 2.32. The van der Waals surface area contributed by atoms with Gasteiger partial charge in [-0.1, -0.05) is 0 Å². The fourth-order valence-electron chi connectivity index (χ4n) is 2.13. The van der Waals surface area contributed by atoms with Gasteiger partial charge >= 0.3 is 5.97 Å². The van der Waals surface area contributed by atoms with Crippen LogP contribution in [0.4, 0.5) is 5.95 Å². The van der Waals surface area contributed by atoms with Crippen LogP contribution in [0.5, 0.6) is 0 Å². The minimum atomic E-state index is -1.18. The Balaban J connectivity index is 2.28. The van der Waals surface area contributed by atoms with E-state index in [9.17, 15) is 4.79 Å². The number of carbonyl (C=O) groups is 1. The summed E-state index contributed by atoms with van der Waals surface area (Å²) in [5, 5.41) is 0. The van der Waals surface area contributed by atoms with Crippen LogP contribution in [0.15, 0.2) is 12.5 Å². The Labute approximate surface area is 133 Å². The van der Waals surface area contributed by atoms with Gasteiger partial charge in [0.2, 0.25) is 5.95 Å². The highest BCUT2D eigenvalue weighted by molar-refractivity contribution is 5.70. The first-order chi connectivity index (χ1) is 10.8. The topological polar surface area (TPSA) is 114 Å². The van der Waals surface area contributed by atoms with E-state index in [-0.39, 0.29) is 31.2 Å². The molecule has 2 heterocycles. The Hall–Kier alpha value is -2.26. The summed E-state index contributed by atoms with van der Waals surface area (Å²) >= 11 is 0. The van der Waals surface area contributed by atoms with Gasteiger partial charge in [-0.2, -0.15) is 4.98 Å². The van der Waals surface area contributed by atoms with Crippen LogP contribution in [-0.2, 0) is 24.9 Å². The van der Waals surface area contributed by atoms with Crippen LogP contribution in [-0.4, -0.2) is 44.8 Å². The molecule has 0 fully saturated rings. The molecule has 0 aliphatic carbocycles. The van der Waals surface area contributed by atoms with Gasteiger partial charge in [0, 0.05) is 13.8 Å². The van der Waals surface area contributed by atoms with E-state index in [1.54, 1.807) is 17.8 Å². The highest BCUT2D eigenvalue weighted by atomic mass is 16.7. The second kappa shape index (κ2) is 6.88. The minimum Gasteiger partial charge on any atom is -0.463 e. The number of hydrogen-bond donors (Lipinski definition) is 1. The molecular formula is C14H21N5O4. The molecule has 0 saturated heterocycles. The average Bonchev–Trinajstić information content (AvgIpc) is 2.86. The predicted molar refractivity (Wildman–Crippen MR) is 82.2 cm³/mol. The maximum absolute atomic E-state index is 10.8. The van der Waals surface area contributed by atoms with Gasteiger partial charge in [0.05, 0.1) is 18.9 Å². The number of hydrogen-bond acceptors (Lipinski definition) is 8. The number of rotatable bonds is 7. The molecule has 0 amide bonds. The highest BCUT2D eigenvalue weighted by Crippen LogP contribution is 2.26. The normalized spacial score (nSPS) is 14.1. The van der Waals surface area contributed by atoms with Crippen molar-refractivity contribution in [1.29, 1.82) is 0 Å². The van der Waals surface area contributed by atoms with Gasteiger partial charge in [-0.15, -0.1) is 0 Å². The van der Waals surface area contributed by atoms with Crippen molar-refractivity contribution in [3.63, 3.8) is 0 Å². The maximum atomic E-state index is 10.8. The molecule has 0 aliphatic rings. The summed E-state index contributed by atoms with van der Waals surface area (Å²) in [5.41, 5.74) is 6.71. The average molecular weight is 323 g/mol. The summed E-state index contributed by atoms with van der Waals surface area (Å²) in [5.74, 6) is -1.41. The molecule has 0 aliphatic heterocycles. The van der Waals surface area contributed by atoms with Crippen LogP contribution in [0, 0.1) is 0 Å². The lowest BCUT2D eigenvalue weighted by molar-refractivity contribution is -0.298. The fourth-order valence-corrected chi connectivity index (χ4v) is 2.13. The third-order valence-electron chi connectivity index (χ3n) is 2.96. The van der Waals surface area contributed by atoms with Crippen LogP contribution >= 0.6 is 0 Å². The summed E-state index contributed by atoms with van der Waals surface area (Å²) in [7, 11) is 0. The van der Waals surface area contributed by atoms with Crippen molar-refractivity contribution in [2.45, 2.75) is 39.7 Å².